The van der Waals surface area contributed by atoms with Crippen LogP contribution in [0, 0.1) is 0 Å². The number of nitrogens with zero attached hydrogens (tertiary/aromatic N) is 1. The van der Waals surface area contributed by atoms with Crippen LogP contribution in [-0.4, -0.2) is 0 Å². The average Bonchev–Trinajstić information content (AvgIpc) is 4.03. The Morgan fingerprint density at radius 2 is 0.803 bits per heavy atom. The van der Waals surface area contributed by atoms with Crippen molar-refractivity contribution < 1.29 is 0 Å². The molecule has 1 heterocycles. The van der Waals surface area contributed by atoms with Gasteiger partial charge in [-0.05, 0) is 125 Å². The predicted octanol–water partition coefficient (Wildman–Crippen LogP) is 19.5. The monoisotopic (exact) mass is 929 g/mol. The molecule has 0 fully saturated rings. The summed E-state index contributed by atoms with van der Waals surface area (Å²) in [6.45, 7) is 14.1. The number of para-hydroxylation sites is 1. The maximum atomic E-state index is 2.58. The van der Waals surface area contributed by atoms with Gasteiger partial charge in [-0.2, -0.15) is 0 Å². The van der Waals surface area contributed by atoms with Crippen LogP contribution in [0.1, 0.15) is 74.9 Å². The summed E-state index contributed by atoms with van der Waals surface area (Å²) >= 11 is 1.89. The van der Waals surface area contributed by atoms with Gasteiger partial charge in [0.1, 0.15) is 0 Å². The van der Waals surface area contributed by atoms with Gasteiger partial charge < -0.3 is 4.90 Å². The fourth-order valence-corrected chi connectivity index (χ4v) is 13.2. The van der Waals surface area contributed by atoms with E-state index in [-0.39, 0.29) is 10.8 Å². The van der Waals surface area contributed by atoms with Gasteiger partial charge >= 0.3 is 0 Å². The largest absolute Gasteiger partial charge is 0.308 e. The molecule has 13 rings (SSSR count). The Labute approximate surface area is 422 Å². The Balaban J connectivity index is 1.11. The predicted molar refractivity (Wildman–Crippen MR) is 304 cm³/mol. The van der Waals surface area contributed by atoms with Crippen molar-refractivity contribution in [3.63, 3.8) is 0 Å². The Bertz CT molecular complexity index is 3850. The molecule has 1 spiro atoms. The van der Waals surface area contributed by atoms with Crippen molar-refractivity contribution in [3.8, 4) is 55.6 Å². The van der Waals surface area contributed by atoms with Gasteiger partial charge in [-0.1, -0.05) is 236 Å². The highest BCUT2D eigenvalue weighted by atomic mass is 32.1. The third-order valence-electron chi connectivity index (χ3n) is 15.4. The fourth-order valence-electron chi connectivity index (χ4n) is 12.0. The van der Waals surface area contributed by atoms with Crippen LogP contribution in [0.2, 0.25) is 0 Å². The van der Waals surface area contributed by atoms with E-state index in [1.54, 1.807) is 0 Å². The Morgan fingerprint density at radius 1 is 0.338 bits per heavy atom. The molecule has 0 aliphatic heterocycles. The van der Waals surface area contributed by atoms with Crippen molar-refractivity contribution >= 4 is 48.6 Å². The summed E-state index contributed by atoms with van der Waals surface area (Å²) in [5.74, 6) is 0. The maximum Gasteiger partial charge on any atom is 0.0726 e. The number of hydrogen-bond acceptors (Lipinski definition) is 2. The molecule has 0 amide bonds. The Kier molecular flexibility index (Phi) is 9.83. The zero-order valence-electron chi connectivity index (χ0n) is 41.2. The second-order valence-electron chi connectivity index (χ2n) is 21.6. The first-order chi connectivity index (χ1) is 34.5. The minimum Gasteiger partial charge on any atom is -0.308 e. The van der Waals surface area contributed by atoms with Crippen LogP contribution in [-0.2, 0) is 16.2 Å². The van der Waals surface area contributed by atoms with Gasteiger partial charge in [-0.3, -0.25) is 0 Å². The highest BCUT2D eigenvalue weighted by molar-refractivity contribution is 7.26. The second kappa shape index (κ2) is 16.1. The van der Waals surface area contributed by atoms with Crippen molar-refractivity contribution in [2.45, 2.75) is 57.8 Å². The molecule has 342 valence electrons. The topological polar surface area (TPSA) is 3.24 Å². The first kappa shape index (κ1) is 43.3. The van der Waals surface area contributed by atoms with Gasteiger partial charge in [-0.15, -0.1) is 11.3 Å². The van der Waals surface area contributed by atoms with E-state index in [2.05, 4.69) is 271 Å². The SMILES string of the molecule is CC(C)(C)c1ccc2c(c1)C1(c3ccccc3-c3ccc(N(c4ccccc4-c4ccccc4-c4ccccc4-c4ccccc4)c4cccc5c4sc4ccccc45)cc31)c1cc(C(C)(C)C)ccc1-2. The van der Waals surface area contributed by atoms with E-state index in [1.807, 2.05) is 11.3 Å². The molecule has 2 aliphatic rings. The zero-order chi connectivity index (χ0) is 48.2. The van der Waals surface area contributed by atoms with Crippen molar-refractivity contribution in [3.05, 3.63) is 258 Å². The van der Waals surface area contributed by atoms with Crippen LogP contribution in [0.4, 0.5) is 17.1 Å². The fraction of sp³-hybridized carbons (Fsp3) is 0.130. The molecule has 0 unspecified atom stereocenters. The van der Waals surface area contributed by atoms with Crippen LogP contribution < -0.4 is 4.90 Å². The van der Waals surface area contributed by atoms with Crippen molar-refractivity contribution in [1.29, 1.82) is 0 Å². The van der Waals surface area contributed by atoms with Gasteiger partial charge in [-0.25, -0.2) is 0 Å². The number of benzene rings is 10. The molecular formula is C69H55NS. The van der Waals surface area contributed by atoms with E-state index in [0.29, 0.717) is 0 Å². The molecule has 10 aromatic carbocycles. The lowest BCUT2D eigenvalue weighted by Gasteiger charge is -2.34. The summed E-state index contributed by atoms with van der Waals surface area (Å²) in [5, 5.41) is 2.56. The van der Waals surface area contributed by atoms with E-state index >= 15 is 0 Å². The zero-order valence-corrected chi connectivity index (χ0v) is 42.0. The molecule has 0 atom stereocenters. The third kappa shape index (κ3) is 6.65. The second-order valence-corrected chi connectivity index (χ2v) is 22.7. The van der Waals surface area contributed by atoms with Crippen LogP contribution in [0.5, 0.6) is 0 Å². The third-order valence-corrected chi connectivity index (χ3v) is 16.7. The molecule has 0 saturated heterocycles. The molecule has 1 nitrogen and oxygen atoms in total. The first-order valence-corrected chi connectivity index (χ1v) is 25.9. The highest BCUT2D eigenvalue weighted by Gasteiger charge is 2.52. The highest BCUT2D eigenvalue weighted by Crippen LogP contribution is 2.64. The normalized spacial score (nSPS) is 13.3. The van der Waals surface area contributed by atoms with E-state index in [1.165, 1.54) is 115 Å². The molecule has 71 heavy (non-hydrogen) atoms. The summed E-state index contributed by atoms with van der Waals surface area (Å²) in [7, 11) is 0. The molecule has 0 radical (unpaired) electrons. The Morgan fingerprint density at radius 3 is 1.46 bits per heavy atom. The number of hydrogen-bond donors (Lipinski definition) is 0. The molecule has 1 aromatic heterocycles. The standard InChI is InChI=1S/C69H55NS/c1-67(2,3)45-35-38-53-54-39-36-46(68(4,5)6)42-61(54)69(60(53)41-45)59-31-17-14-27-52(59)55-40-37-47(43-62(55)69)70(64-33-20-30-58-57-29-16-19-34-65(57)71-66(58)64)63-32-18-15-28-56(63)51-26-13-12-25-50(51)49-24-11-10-23-48(49)44-21-8-7-9-22-44/h7-43H,1-6H3. The van der Waals surface area contributed by atoms with Crippen LogP contribution in [0.25, 0.3) is 75.8 Å². The van der Waals surface area contributed by atoms with Crippen molar-refractivity contribution in [2.75, 3.05) is 4.90 Å². The summed E-state index contributed by atoms with van der Waals surface area (Å²) in [4.78, 5) is 2.58. The van der Waals surface area contributed by atoms with Crippen molar-refractivity contribution in [2.24, 2.45) is 0 Å². The summed E-state index contributed by atoms with van der Waals surface area (Å²) in [6, 6.07) is 84.9. The lowest BCUT2D eigenvalue weighted by atomic mass is 9.68. The molecule has 0 bridgehead atoms. The molecule has 2 aliphatic carbocycles. The van der Waals surface area contributed by atoms with Crippen molar-refractivity contribution in [1.82, 2.24) is 0 Å². The minimum absolute atomic E-state index is 0.0360. The van der Waals surface area contributed by atoms with E-state index < -0.39 is 5.41 Å². The number of anilines is 3. The Hall–Kier alpha value is -7.78. The van der Waals surface area contributed by atoms with Gasteiger partial charge in [0, 0.05) is 26.7 Å². The molecular weight excluding hydrogens is 875 g/mol. The van der Waals surface area contributed by atoms with E-state index in [4.69, 9.17) is 0 Å². The minimum atomic E-state index is -0.544. The average molecular weight is 930 g/mol. The number of rotatable bonds is 6. The van der Waals surface area contributed by atoms with Gasteiger partial charge in [0.2, 0.25) is 0 Å². The van der Waals surface area contributed by atoms with Crippen LogP contribution in [0.3, 0.4) is 0 Å². The maximum absolute atomic E-state index is 2.58. The van der Waals surface area contributed by atoms with Gasteiger partial charge in [0.25, 0.3) is 0 Å². The lowest BCUT2D eigenvalue weighted by molar-refractivity contribution is 0.586. The molecule has 2 heteroatoms. The van der Waals surface area contributed by atoms with Gasteiger partial charge in [0.15, 0.2) is 0 Å². The lowest BCUT2D eigenvalue weighted by Crippen LogP contribution is -2.27. The van der Waals surface area contributed by atoms with Crippen LogP contribution >= 0.6 is 11.3 Å². The van der Waals surface area contributed by atoms with E-state index in [9.17, 15) is 0 Å². The quantitative estimate of drug-likeness (QED) is 0.161. The number of thiophene rings is 1. The summed E-state index contributed by atoms with van der Waals surface area (Å²) < 4.78 is 2.56. The molecule has 0 saturated carbocycles. The summed E-state index contributed by atoms with van der Waals surface area (Å²) in [5.41, 5.74) is 23.4. The van der Waals surface area contributed by atoms with E-state index in [0.717, 1.165) is 11.4 Å². The summed E-state index contributed by atoms with van der Waals surface area (Å²) in [6.07, 6.45) is 0. The van der Waals surface area contributed by atoms with Crippen LogP contribution in [0.15, 0.2) is 224 Å². The first-order valence-electron chi connectivity index (χ1n) is 25.1. The molecule has 11 aromatic rings. The smallest absolute Gasteiger partial charge is 0.0726 e. The number of fused-ring (bicyclic) bond motifs is 13. The molecule has 0 N–H and O–H groups in total. The van der Waals surface area contributed by atoms with Gasteiger partial charge in [0.05, 0.1) is 21.5 Å².